The fraction of sp³-hybridized carbons (Fsp3) is 1.00. The van der Waals surface area contributed by atoms with Gasteiger partial charge >= 0.3 is 0 Å². The summed E-state index contributed by atoms with van der Waals surface area (Å²) in [6, 6.07) is 0. The van der Waals surface area contributed by atoms with E-state index in [1.165, 1.54) is 0 Å². The third kappa shape index (κ3) is 7.65. The van der Waals surface area contributed by atoms with Gasteiger partial charge in [0.2, 0.25) is 0 Å². The topological polar surface area (TPSA) is 127 Å². The molecule has 0 aliphatic carbocycles. The van der Waals surface area contributed by atoms with Crippen molar-refractivity contribution >= 4 is 10.1 Å². The minimum atomic E-state index is -3.97. The first-order valence-corrected chi connectivity index (χ1v) is 6.10. The molecule has 92 valence electrons. The number of aliphatic hydroxyl groups excluding tert-OH is 3. The van der Waals surface area contributed by atoms with Gasteiger partial charge < -0.3 is 15.3 Å². The van der Waals surface area contributed by atoms with Crippen molar-refractivity contribution in [2.45, 2.75) is 12.6 Å². The molecule has 0 rings (SSSR count). The van der Waals surface area contributed by atoms with Gasteiger partial charge in [-0.25, -0.2) is 0 Å². The van der Waals surface area contributed by atoms with E-state index in [1.54, 1.807) is 0 Å². The summed E-state index contributed by atoms with van der Waals surface area (Å²) in [5.74, 6) is -1.09. The van der Waals surface area contributed by atoms with E-state index in [4.69, 9.17) is 14.8 Å². The van der Waals surface area contributed by atoms with Crippen molar-refractivity contribution in [2.24, 2.45) is 5.92 Å². The van der Waals surface area contributed by atoms with E-state index in [0.717, 1.165) is 0 Å². The van der Waals surface area contributed by atoms with Gasteiger partial charge in [0, 0.05) is 5.92 Å². The smallest absolute Gasteiger partial charge is 0.264 e. The molecule has 0 spiro atoms. The maximum atomic E-state index is 10.3. The van der Waals surface area contributed by atoms with Crippen LogP contribution < -0.4 is 5.32 Å². The molecule has 0 aliphatic rings. The second kappa shape index (κ2) is 7.09. The lowest BCUT2D eigenvalue weighted by molar-refractivity contribution is 0.0121. The summed E-state index contributed by atoms with van der Waals surface area (Å²) >= 11 is 0. The molecule has 0 aromatic heterocycles. The highest BCUT2D eigenvalue weighted by Gasteiger charge is 2.16. The molecule has 1 atom stereocenters. The Morgan fingerprint density at radius 2 is 1.73 bits per heavy atom. The average Bonchev–Trinajstić information content (AvgIpc) is 2.13. The van der Waals surface area contributed by atoms with Gasteiger partial charge in [0.1, 0.15) is 6.23 Å². The van der Waals surface area contributed by atoms with Crippen molar-refractivity contribution in [2.75, 3.05) is 25.5 Å². The zero-order valence-corrected chi connectivity index (χ0v) is 9.02. The van der Waals surface area contributed by atoms with Crippen molar-refractivity contribution in [3.63, 3.8) is 0 Å². The van der Waals surface area contributed by atoms with Gasteiger partial charge in [-0.2, -0.15) is 8.42 Å². The number of hydrogen-bond acceptors (Lipinski definition) is 6. The summed E-state index contributed by atoms with van der Waals surface area (Å²) < 4.78 is 29.0. The van der Waals surface area contributed by atoms with E-state index in [-0.39, 0.29) is 26.2 Å². The van der Waals surface area contributed by atoms with E-state index < -0.39 is 28.0 Å². The van der Waals surface area contributed by atoms with Gasteiger partial charge in [0.15, 0.2) is 0 Å². The van der Waals surface area contributed by atoms with Gasteiger partial charge in [0.25, 0.3) is 10.1 Å². The Labute approximate surface area is 88.5 Å². The largest absolute Gasteiger partial charge is 0.396 e. The molecule has 1 unspecified atom stereocenters. The summed E-state index contributed by atoms with van der Waals surface area (Å²) in [6.07, 6.45) is -0.958. The molecule has 0 aromatic carbocycles. The van der Waals surface area contributed by atoms with E-state index >= 15 is 0 Å². The van der Waals surface area contributed by atoms with Crippen LogP contribution in [0.5, 0.6) is 0 Å². The third-order valence-corrected chi connectivity index (χ3v) is 2.65. The van der Waals surface area contributed by atoms with E-state index in [9.17, 15) is 13.5 Å². The predicted octanol–water partition coefficient (Wildman–Crippen LogP) is -2.23. The maximum Gasteiger partial charge on any atom is 0.264 e. The van der Waals surface area contributed by atoms with Crippen molar-refractivity contribution in [1.82, 2.24) is 5.32 Å². The van der Waals surface area contributed by atoms with Gasteiger partial charge in [-0.15, -0.1) is 0 Å². The fourth-order valence-corrected chi connectivity index (χ4v) is 1.44. The first-order valence-electron chi connectivity index (χ1n) is 4.49. The zero-order valence-electron chi connectivity index (χ0n) is 8.20. The van der Waals surface area contributed by atoms with Crippen molar-refractivity contribution in [3.05, 3.63) is 0 Å². The number of nitrogens with one attached hydrogen (secondary N) is 1. The highest BCUT2D eigenvalue weighted by molar-refractivity contribution is 7.85. The Kier molecular flexibility index (Phi) is 6.98. The van der Waals surface area contributed by atoms with Crippen LogP contribution in [0.1, 0.15) is 6.42 Å². The molecule has 0 aromatic rings. The van der Waals surface area contributed by atoms with Crippen LogP contribution in [-0.2, 0) is 10.1 Å². The lowest BCUT2D eigenvalue weighted by Crippen LogP contribution is -2.40. The monoisotopic (exact) mass is 243 g/mol. The first kappa shape index (κ1) is 14.8. The summed E-state index contributed by atoms with van der Waals surface area (Å²) in [5.41, 5.74) is 0. The van der Waals surface area contributed by atoms with Crippen LogP contribution in [0.15, 0.2) is 0 Å². The van der Waals surface area contributed by atoms with Gasteiger partial charge in [-0.1, -0.05) is 0 Å². The van der Waals surface area contributed by atoms with Gasteiger partial charge in [-0.05, 0) is 13.0 Å². The average molecular weight is 243 g/mol. The molecule has 8 heteroatoms. The molecule has 15 heavy (non-hydrogen) atoms. The molecular formula is C7H17NO6S. The second-order valence-electron chi connectivity index (χ2n) is 3.16. The van der Waals surface area contributed by atoms with Crippen molar-refractivity contribution in [1.29, 1.82) is 0 Å². The van der Waals surface area contributed by atoms with Crippen LogP contribution in [0.2, 0.25) is 0 Å². The van der Waals surface area contributed by atoms with Crippen LogP contribution in [0, 0.1) is 5.92 Å². The summed E-state index contributed by atoms with van der Waals surface area (Å²) in [6.45, 7) is -0.580. The van der Waals surface area contributed by atoms with Crippen molar-refractivity contribution < 1.29 is 28.3 Å². The summed E-state index contributed by atoms with van der Waals surface area (Å²) in [4.78, 5) is 0. The zero-order chi connectivity index (χ0) is 11.9. The highest BCUT2D eigenvalue weighted by Crippen LogP contribution is 1.98. The third-order valence-electron chi connectivity index (χ3n) is 1.85. The molecular weight excluding hydrogens is 226 g/mol. The first-order chi connectivity index (χ1) is 6.90. The Morgan fingerprint density at radius 1 is 1.20 bits per heavy atom. The standard InChI is InChI=1S/C7H17NO6S/c9-4-6(5-10)7(11)8-2-1-3-15(12,13)14/h6-11H,1-5H2,(H,12,13,14). The lowest BCUT2D eigenvalue weighted by atomic mass is 10.1. The van der Waals surface area contributed by atoms with Gasteiger partial charge in [0.05, 0.1) is 19.0 Å². The molecule has 0 amide bonds. The van der Waals surface area contributed by atoms with Crippen LogP contribution in [0.3, 0.4) is 0 Å². The van der Waals surface area contributed by atoms with Crippen LogP contribution in [0.25, 0.3) is 0 Å². The number of hydrogen-bond donors (Lipinski definition) is 5. The van der Waals surface area contributed by atoms with E-state index in [0.29, 0.717) is 0 Å². The highest BCUT2D eigenvalue weighted by atomic mass is 32.2. The summed E-state index contributed by atoms with van der Waals surface area (Å²) in [7, 11) is -3.97. The van der Waals surface area contributed by atoms with Crippen LogP contribution in [0.4, 0.5) is 0 Å². The molecule has 0 radical (unpaired) electrons. The molecule has 0 bridgehead atoms. The minimum Gasteiger partial charge on any atom is -0.396 e. The van der Waals surface area contributed by atoms with E-state index in [1.807, 2.05) is 0 Å². The molecule has 0 saturated carbocycles. The molecule has 0 saturated heterocycles. The quantitative estimate of drug-likeness (QED) is 0.185. The maximum absolute atomic E-state index is 10.3. The molecule has 0 heterocycles. The molecule has 7 nitrogen and oxygen atoms in total. The molecule has 5 N–H and O–H groups in total. The molecule has 0 aliphatic heterocycles. The minimum absolute atomic E-state index is 0.138. The predicted molar refractivity (Wildman–Crippen MR) is 52.7 cm³/mol. The Bertz CT molecular complexity index is 250. The Hall–Kier alpha value is -0.250. The SMILES string of the molecule is O=S(=O)(O)CCCNC(O)C(CO)CO. The van der Waals surface area contributed by atoms with Gasteiger partial charge in [-0.3, -0.25) is 9.87 Å². The molecule has 0 fully saturated rings. The normalized spacial score (nSPS) is 14.5. The fourth-order valence-electron chi connectivity index (χ4n) is 0.929. The second-order valence-corrected chi connectivity index (χ2v) is 4.74. The Balaban J connectivity index is 3.67. The number of aliphatic hydroxyl groups is 3. The van der Waals surface area contributed by atoms with E-state index in [2.05, 4.69) is 5.32 Å². The van der Waals surface area contributed by atoms with Crippen LogP contribution in [-0.4, -0.2) is 60.0 Å². The Morgan fingerprint density at radius 3 is 2.13 bits per heavy atom. The number of rotatable bonds is 8. The van der Waals surface area contributed by atoms with Crippen molar-refractivity contribution in [3.8, 4) is 0 Å². The summed E-state index contributed by atoms with van der Waals surface area (Å²) in [5, 5.41) is 29.2. The lowest BCUT2D eigenvalue weighted by Gasteiger charge is -2.19. The van der Waals surface area contributed by atoms with Crippen LogP contribution >= 0.6 is 0 Å².